The van der Waals surface area contributed by atoms with Crippen LogP contribution >= 0.6 is 0 Å². The van der Waals surface area contributed by atoms with Crippen molar-refractivity contribution in [1.82, 2.24) is 9.88 Å². The molecule has 2 aliphatic rings. The van der Waals surface area contributed by atoms with Crippen LogP contribution in [0.15, 0.2) is 23.4 Å². The van der Waals surface area contributed by atoms with Crippen molar-refractivity contribution in [2.45, 2.75) is 31.7 Å². The summed E-state index contributed by atoms with van der Waals surface area (Å²) in [5, 5.41) is 11.8. The van der Waals surface area contributed by atoms with E-state index in [-0.39, 0.29) is 5.84 Å². The maximum Gasteiger partial charge on any atom is 0.188 e. The molecule has 1 unspecified atom stereocenters. The van der Waals surface area contributed by atoms with Gasteiger partial charge in [0.1, 0.15) is 11.5 Å². The molecule has 1 atom stereocenters. The number of piperidine rings is 1. The van der Waals surface area contributed by atoms with E-state index in [4.69, 9.17) is 10.9 Å². The molecular weight excluding hydrogens is 266 g/mol. The number of nitrogens with two attached hydrogens (primary N) is 1. The molecule has 0 spiro atoms. The quantitative estimate of drug-likeness (QED) is 0.379. The van der Waals surface area contributed by atoms with Gasteiger partial charge >= 0.3 is 0 Å². The van der Waals surface area contributed by atoms with Crippen LogP contribution < -0.4 is 10.6 Å². The second-order valence-corrected chi connectivity index (χ2v) is 5.85. The second kappa shape index (κ2) is 6.30. The molecule has 1 aromatic rings. The molecule has 114 valence electrons. The number of amidine groups is 1. The Morgan fingerprint density at radius 1 is 1.24 bits per heavy atom. The summed E-state index contributed by atoms with van der Waals surface area (Å²) in [4.78, 5) is 9.42. The van der Waals surface area contributed by atoms with E-state index in [1.807, 2.05) is 12.1 Å². The Kier molecular flexibility index (Phi) is 4.24. The number of aromatic nitrogens is 1. The van der Waals surface area contributed by atoms with Crippen molar-refractivity contribution in [3.05, 3.63) is 23.9 Å². The lowest BCUT2D eigenvalue weighted by atomic mass is 10.1. The summed E-state index contributed by atoms with van der Waals surface area (Å²) in [5.41, 5.74) is 6.14. The fourth-order valence-electron chi connectivity index (χ4n) is 3.32. The molecule has 0 amide bonds. The van der Waals surface area contributed by atoms with E-state index in [9.17, 15) is 0 Å². The third-order valence-electron chi connectivity index (χ3n) is 4.50. The highest BCUT2D eigenvalue weighted by molar-refractivity contribution is 5.95. The van der Waals surface area contributed by atoms with Crippen molar-refractivity contribution in [3.63, 3.8) is 0 Å². The molecular formula is C15H23N5O. The minimum Gasteiger partial charge on any atom is -0.409 e. The number of likely N-dealkylation sites (tertiary alicyclic amines) is 1. The van der Waals surface area contributed by atoms with Gasteiger partial charge in [-0.05, 0) is 44.5 Å². The van der Waals surface area contributed by atoms with Gasteiger partial charge in [-0.3, -0.25) is 4.90 Å². The molecule has 0 saturated carbocycles. The average Bonchev–Trinajstić information content (AvgIpc) is 3.05. The highest BCUT2D eigenvalue weighted by atomic mass is 16.4. The van der Waals surface area contributed by atoms with Gasteiger partial charge in [-0.25, -0.2) is 4.98 Å². The van der Waals surface area contributed by atoms with E-state index in [2.05, 4.69) is 19.9 Å². The van der Waals surface area contributed by atoms with Gasteiger partial charge in [-0.1, -0.05) is 17.6 Å². The molecule has 0 aliphatic carbocycles. The Bertz CT molecular complexity index is 513. The summed E-state index contributed by atoms with van der Waals surface area (Å²) < 4.78 is 0. The molecule has 3 N–H and O–H groups in total. The van der Waals surface area contributed by atoms with Crippen molar-refractivity contribution in [3.8, 4) is 0 Å². The summed E-state index contributed by atoms with van der Waals surface area (Å²) in [6.45, 7) is 4.51. The first-order valence-corrected chi connectivity index (χ1v) is 7.72. The van der Waals surface area contributed by atoms with Crippen LogP contribution in [0.1, 0.15) is 31.4 Å². The van der Waals surface area contributed by atoms with Gasteiger partial charge in [0.25, 0.3) is 0 Å². The standard InChI is InChI=1S/C15H23N5O/c16-15(18-21)13-5-4-6-14(17-13)20-10-7-12(11-20)19-8-2-1-3-9-19/h4-6,12,21H,1-3,7-11H2,(H2,16,18). The van der Waals surface area contributed by atoms with Crippen LogP contribution in [0.25, 0.3) is 0 Å². The van der Waals surface area contributed by atoms with E-state index in [1.165, 1.54) is 38.8 Å². The van der Waals surface area contributed by atoms with Gasteiger partial charge < -0.3 is 15.8 Å². The monoisotopic (exact) mass is 289 g/mol. The van der Waals surface area contributed by atoms with Crippen LogP contribution in [0.5, 0.6) is 0 Å². The highest BCUT2D eigenvalue weighted by Gasteiger charge is 2.29. The first-order chi connectivity index (χ1) is 10.3. The largest absolute Gasteiger partial charge is 0.409 e. The fourth-order valence-corrected chi connectivity index (χ4v) is 3.32. The first-order valence-electron chi connectivity index (χ1n) is 7.72. The zero-order chi connectivity index (χ0) is 14.7. The lowest BCUT2D eigenvalue weighted by Crippen LogP contribution is -2.41. The van der Waals surface area contributed by atoms with Gasteiger partial charge in [0.05, 0.1) is 0 Å². The van der Waals surface area contributed by atoms with Crippen LogP contribution in [0.3, 0.4) is 0 Å². The molecule has 0 bridgehead atoms. The number of oxime groups is 1. The molecule has 2 aliphatic heterocycles. The molecule has 0 aromatic carbocycles. The van der Waals surface area contributed by atoms with Crippen molar-refractivity contribution in [2.75, 3.05) is 31.1 Å². The zero-order valence-electron chi connectivity index (χ0n) is 12.3. The Labute approximate surface area is 125 Å². The molecule has 3 rings (SSSR count). The maximum atomic E-state index is 8.76. The molecule has 0 radical (unpaired) electrons. The van der Waals surface area contributed by atoms with E-state index < -0.39 is 0 Å². The van der Waals surface area contributed by atoms with E-state index in [0.29, 0.717) is 11.7 Å². The fraction of sp³-hybridized carbons (Fsp3) is 0.600. The van der Waals surface area contributed by atoms with Gasteiger partial charge in [0.2, 0.25) is 0 Å². The van der Waals surface area contributed by atoms with Gasteiger partial charge in [0.15, 0.2) is 5.84 Å². The van der Waals surface area contributed by atoms with Gasteiger partial charge in [-0.2, -0.15) is 0 Å². The Morgan fingerprint density at radius 3 is 2.81 bits per heavy atom. The molecule has 21 heavy (non-hydrogen) atoms. The van der Waals surface area contributed by atoms with Crippen molar-refractivity contribution >= 4 is 11.7 Å². The minimum atomic E-state index is 0.0589. The maximum absolute atomic E-state index is 8.76. The van der Waals surface area contributed by atoms with Crippen LogP contribution in [0.2, 0.25) is 0 Å². The lowest BCUT2D eigenvalue weighted by Gasteiger charge is -2.32. The number of hydrogen-bond acceptors (Lipinski definition) is 5. The van der Waals surface area contributed by atoms with E-state index in [1.54, 1.807) is 6.07 Å². The Hall–Kier alpha value is -1.82. The third kappa shape index (κ3) is 3.10. The van der Waals surface area contributed by atoms with Crippen LogP contribution in [-0.2, 0) is 0 Å². The number of nitrogens with zero attached hydrogens (tertiary/aromatic N) is 4. The summed E-state index contributed by atoms with van der Waals surface area (Å²) in [7, 11) is 0. The highest BCUT2D eigenvalue weighted by Crippen LogP contribution is 2.24. The molecule has 1 aromatic heterocycles. The normalized spacial score (nSPS) is 24.5. The molecule has 2 saturated heterocycles. The van der Waals surface area contributed by atoms with Gasteiger partial charge in [-0.15, -0.1) is 0 Å². The van der Waals surface area contributed by atoms with Gasteiger partial charge in [0, 0.05) is 19.1 Å². The number of hydrogen-bond donors (Lipinski definition) is 2. The summed E-state index contributed by atoms with van der Waals surface area (Å²) in [6, 6.07) is 6.30. The van der Waals surface area contributed by atoms with Crippen LogP contribution in [0, 0.1) is 0 Å². The first kappa shape index (κ1) is 14.1. The zero-order valence-corrected chi connectivity index (χ0v) is 12.3. The van der Waals surface area contributed by atoms with Crippen molar-refractivity contribution in [2.24, 2.45) is 10.9 Å². The molecule has 6 heteroatoms. The molecule has 3 heterocycles. The van der Waals surface area contributed by atoms with Crippen molar-refractivity contribution < 1.29 is 5.21 Å². The second-order valence-electron chi connectivity index (χ2n) is 5.85. The minimum absolute atomic E-state index is 0.0589. The molecule has 6 nitrogen and oxygen atoms in total. The summed E-state index contributed by atoms with van der Waals surface area (Å²) >= 11 is 0. The molecule has 2 fully saturated rings. The summed E-state index contributed by atoms with van der Waals surface area (Å²) in [6.07, 6.45) is 5.22. The smallest absolute Gasteiger partial charge is 0.188 e. The predicted octanol–water partition coefficient (Wildman–Crippen LogP) is 1.24. The average molecular weight is 289 g/mol. The SMILES string of the molecule is NC(=NO)c1cccc(N2CCC(N3CCCCC3)C2)n1. The van der Waals surface area contributed by atoms with Crippen LogP contribution in [-0.4, -0.2) is 53.1 Å². The van der Waals surface area contributed by atoms with E-state index >= 15 is 0 Å². The van der Waals surface area contributed by atoms with Crippen LogP contribution in [0.4, 0.5) is 5.82 Å². The van der Waals surface area contributed by atoms with Crippen molar-refractivity contribution in [1.29, 1.82) is 0 Å². The Balaban J connectivity index is 1.68. The number of rotatable bonds is 3. The summed E-state index contributed by atoms with van der Waals surface area (Å²) in [5.74, 6) is 0.974. The number of pyridine rings is 1. The lowest BCUT2D eigenvalue weighted by molar-refractivity contribution is 0.175. The van der Waals surface area contributed by atoms with E-state index in [0.717, 1.165) is 18.9 Å². The number of anilines is 1. The predicted molar refractivity (Wildman–Crippen MR) is 82.8 cm³/mol. The third-order valence-corrected chi connectivity index (χ3v) is 4.50. The Morgan fingerprint density at radius 2 is 2.05 bits per heavy atom. The topological polar surface area (TPSA) is 78.0 Å².